The minimum atomic E-state index is 0.266. The van der Waals surface area contributed by atoms with Crippen molar-refractivity contribution >= 4 is 0 Å². The molecule has 6 heteroatoms. The first-order chi connectivity index (χ1) is 10.4. The minimum Gasteiger partial charge on any atom is -0.378 e. The molecule has 0 radical (unpaired) electrons. The van der Waals surface area contributed by atoms with Gasteiger partial charge in [-0.05, 0) is 19.3 Å². The minimum absolute atomic E-state index is 0.266. The summed E-state index contributed by atoms with van der Waals surface area (Å²) in [6.45, 7) is 7.27. The molecule has 1 aromatic rings. The lowest BCUT2D eigenvalue weighted by Crippen LogP contribution is -2.45. The third-order valence-electron chi connectivity index (χ3n) is 4.36. The molecule has 0 saturated carbocycles. The molecule has 1 N–H and O–H groups in total. The quantitative estimate of drug-likeness (QED) is 0.858. The second-order valence-corrected chi connectivity index (χ2v) is 5.98. The molecule has 0 aliphatic carbocycles. The molecular weight excluding hydrogens is 268 g/mol. The summed E-state index contributed by atoms with van der Waals surface area (Å²) in [6, 6.07) is 0.291. The van der Waals surface area contributed by atoms with E-state index in [1.807, 2.05) is 0 Å². The topological polar surface area (TPSA) is 63.4 Å². The van der Waals surface area contributed by atoms with Gasteiger partial charge in [0.05, 0.1) is 18.6 Å². The zero-order valence-electron chi connectivity index (χ0n) is 12.9. The standard InChI is InChI=1S/C15H26N4O2/c1-2-4-13(19-8-6-16-7-9-19)15-17-14(21-18-15)11-12-5-3-10-20-12/h12-13,16H,2-11H2,1H3. The molecule has 2 aliphatic rings. The van der Waals surface area contributed by atoms with Gasteiger partial charge in [-0.1, -0.05) is 18.5 Å². The fourth-order valence-corrected chi connectivity index (χ4v) is 3.23. The van der Waals surface area contributed by atoms with Crippen LogP contribution in [0.2, 0.25) is 0 Å². The lowest BCUT2D eigenvalue weighted by Gasteiger charge is -2.33. The summed E-state index contributed by atoms with van der Waals surface area (Å²) in [5.41, 5.74) is 0. The van der Waals surface area contributed by atoms with E-state index in [1.165, 1.54) is 0 Å². The fraction of sp³-hybridized carbons (Fsp3) is 0.867. The Hall–Kier alpha value is -0.980. The first-order valence-electron chi connectivity index (χ1n) is 8.25. The summed E-state index contributed by atoms with van der Waals surface area (Å²) in [4.78, 5) is 7.12. The molecule has 0 aromatic carbocycles. The molecule has 118 valence electrons. The van der Waals surface area contributed by atoms with E-state index in [4.69, 9.17) is 9.26 Å². The number of rotatable bonds is 6. The van der Waals surface area contributed by atoms with E-state index in [0.717, 1.165) is 76.6 Å². The second-order valence-electron chi connectivity index (χ2n) is 5.98. The van der Waals surface area contributed by atoms with Crippen molar-refractivity contribution in [3.05, 3.63) is 11.7 Å². The Morgan fingerprint density at radius 2 is 2.24 bits per heavy atom. The molecule has 2 unspecified atom stereocenters. The zero-order chi connectivity index (χ0) is 14.5. The zero-order valence-corrected chi connectivity index (χ0v) is 12.9. The maximum absolute atomic E-state index is 5.64. The molecule has 3 rings (SSSR count). The van der Waals surface area contributed by atoms with Crippen LogP contribution in [-0.2, 0) is 11.2 Å². The van der Waals surface area contributed by atoms with Gasteiger partial charge in [0.25, 0.3) is 0 Å². The number of hydrogen-bond acceptors (Lipinski definition) is 6. The van der Waals surface area contributed by atoms with Crippen LogP contribution in [0.15, 0.2) is 4.52 Å². The Kier molecular flexibility index (Phi) is 5.22. The van der Waals surface area contributed by atoms with Gasteiger partial charge in [-0.25, -0.2) is 0 Å². The van der Waals surface area contributed by atoms with Crippen LogP contribution in [0.1, 0.15) is 50.4 Å². The molecule has 3 heterocycles. The third-order valence-corrected chi connectivity index (χ3v) is 4.36. The molecule has 1 aromatic heterocycles. The summed E-state index contributed by atoms with van der Waals surface area (Å²) in [5.74, 6) is 1.58. The number of piperazine rings is 1. The molecule has 2 aliphatic heterocycles. The lowest BCUT2D eigenvalue weighted by molar-refractivity contribution is 0.104. The first kappa shape index (κ1) is 14.9. The maximum atomic E-state index is 5.64. The van der Waals surface area contributed by atoms with E-state index >= 15 is 0 Å². The van der Waals surface area contributed by atoms with Gasteiger partial charge in [-0.3, -0.25) is 4.90 Å². The van der Waals surface area contributed by atoms with Crippen LogP contribution in [0.3, 0.4) is 0 Å². The predicted octanol–water partition coefficient (Wildman–Crippen LogP) is 1.54. The molecule has 0 amide bonds. The van der Waals surface area contributed by atoms with Crippen LogP contribution in [0.25, 0.3) is 0 Å². The van der Waals surface area contributed by atoms with E-state index in [0.29, 0.717) is 6.04 Å². The SMILES string of the molecule is CCCC(c1noc(CC2CCCO2)n1)N1CCNCC1. The van der Waals surface area contributed by atoms with Crippen molar-refractivity contribution in [2.45, 2.75) is 51.2 Å². The first-order valence-corrected chi connectivity index (χ1v) is 8.25. The highest BCUT2D eigenvalue weighted by Gasteiger charge is 2.27. The predicted molar refractivity (Wildman–Crippen MR) is 79.1 cm³/mol. The van der Waals surface area contributed by atoms with Gasteiger partial charge in [-0.2, -0.15) is 4.98 Å². The Bertz CT molecular complexity index is 425. The van der Waals surface area contributed by atoms with Gasteiger partial charge in [0.15, 0.2) is 5.82 Å². The summed E-state index contributed by atoms with van der Waals surface area (Å²) >= 11 is 0. The van der Waals surface area contributed by atoms with E-state index in [2.05, 4.69) is 27.3 Å². The summed E-state index contributed by atoms with van der Waals surface area (Å²) < 4.78 is 11.1. The van der Waals surface area contributed by atoms with Crippen molar-refractivity contribution in [2.24, 2.45) is 0 Å². The van der Waals surface area contributed by atoms with Crippen LogP contribution >= 0.6 is 0 Å². The van der Waals surface area contributed by atoms with Crippen molar-refractivity contribution in [3.63, 3.8) is 0 Å². The van der Waals surface area contributed by atoms with Gasteiger partial charge in [-0.15, -0.1) is 0 Å². The van der Waals surface area contributed by atoms with Crippen molar-refractivity contribution < 1.29 is 9.26 Å². The smallest absolute Gasteiger partial charge is 0.229 e. The summed E-state index contributed by atoms with van der Waals surface area (Å²) in [6.07, 6.45) is 5.48. The molecule has 0 spiro atoms. The second kappa shape index (κ2) is 7.33. The van der Waals surface area contributed by atoms with Gasteiger partial charge in [0.1, 0.15) is 0 Å². The normalized spacial score (nSPS) is 25.3. The number of nitrogens with one attached hydrogen (secondary N) is 1. The van der Waals surface area contributed by atoms with Crippen molar-refractivity contribution in [1.29, 1.82) is 0 Å². The Balaban J connectivity index is 1.65. The number of hydrogen-bond donors (Lipinski definition) is 1. The largest absolute Gasteiger partial charge is 0.378 e. The van der Waals surface area contributed by atoms with E-state index in [-0.39, 0.29) is 6.10 Å². The van der Waals surface area contributed by atoms with E-state index < -0.39 is 0 Å². The molecule has 2 fully saturated rings. The lowest BCUT2D eigenvalue weighted by atomic mass is 10.1. The van der Waals surface area contributed by atoms with Gasteiger partial charge < -0.3 is 14.6 Å². The third kappa shape index (κ3) is 3.81. The molecular formula is C15H26N4O2. The number of aromatic nitrogens is 2. The average Bonchev–Trinajstić information content (AvgIpc) is 3.18. The summed E-state index contributed by atoms with van der Waals surface area (Å²) in [5, 5.41) is 7.64. The molecule has 6 nitrogen and oxygen atoms in total. The van der Waals surface area contributed by atoms with E-state index in [9.17, 15) is 0 Å². The van der Waals surface area contributed by atoms with Crippen LogP contribution in [0.4, 0.5) is 0 Å². The monoisotopic (exact) mass is 294 g/mol. The van der Waals surface area contributed by atoms with Crippen LogP contribution in [-0.4, -0.2) is 53.9 Å². The van der Waals surface area contributed by atoms with Crippen LogP contribution in [0, 0.1) is 0 Å². The van der Waals surface area contributed by atoms with E-state index in [1.54, 1.807) is 0 Å². The Morgan fingerprint density at radius 3 is 2.95 bits per heavy atom. The highest BCUT2D eigenvalue weighted by atomic mass is 16.5. The van der Waals surface area contributed by atoms with Crippen molar-refractivity contribution in [3.8, 4) is 0 Å². The number of nitrogens with zero attached hydrogens (tertiary/aromatic N) is 3. The van der Waals surface area contributed by atoms with Crippen molar-refractivity contribution in [1.82, 2.24) is 20.4 Å². The Morgan fingerprint density at radius 1 is 1.38 bits per heavy atom. The molecule has 2 atom stereocenters. The van der Waals surface area contributed by atoms with Gasteiger partial charge in [0.2, 0.25) is 5.89 Å². The van der Waals surface area contributed by atoms with Crippen LogP contribution in [0.5, 0.6) is 0 Å². The highest BCUT2D eigenvalue weighted by molar-refractivity contribution is 4.97. The number of ether oxygens (including phenoxy) is 1. The van der Waals surface area contributed by atoms with Crippen LogP contribution < -0.4 is 5.32 Å². The fourth-order valence-electron chi connectivity index (χ4n) is 3.23. The van der Waals surface area contributed by atoms with Gasteiger partial charge in [0, 0.05) is 32.8 Å². The van der Waals surface area contributed by atoms with Gasteiger partial charge >= 0.3 is 0 Å². The average molecular weight is 294 g/mol. The maximum Gasteiger partial charge on any atom is 0.229 e. The molecule has 21 heavy (non-hydrogen) atoms. The highest BCUT2D eigenvalue weighted by Crippen LogP contribution is 2.24. The molecule has 2 saturated heterocycles. The Labute approximate surface area is 126 Å². The van der Waals surface area contributed by atoms with Crippen molar-refractivity contribution in [2.75, 3.05) is 32.8 Å². The summed E-state index contributed by atoms with van der Waals surface area (Å²) in [7, 11) is 0. The molecule has 0 bridgehead atoms.